The second-order valence-electron chi connectivity index (χ2n) is 9.78. The van der Waals surface area contributed by atoms with Gasteiger partial charge in [0.05, 0.1) is 0 Å². The summed E-state index contributed by atoms with van der Waals surface area (Å²) in [6, 6.07) is 5.13. The van der Waals surface area contributed by atoms with Gasteiger partial charge in [-0.15, -0.1) is 0 Å². The first-order chi connectivity index (χ1) is 14.8. The molecule has 1 saturated carbocycles. The van der Waals surface area contributed by atoms with Gasteiger partial charge in [-0.25, -0.2) is 4.98 Å². The van der Waals surface area contributed by atoms with Crippen molar-refractivity contribution in [3.05, 3.63) is 41.5 Å². The monoisotopic (exact) mass is 421 g/mol. The number of fused-ring (bicyclic) bond motifs is 1. The van der Waals surface area contributed by atoms with Crippen LogP contribution in [-0.2, 0) is 16.1 Å². The molecule has 162 valence electrons. The number of aromatic nitrogens is 1. The molecule has 1 atom stereocenters. The van der Waals surface area contributed by atoms with Gasteiger partial charge in [0.2, 0.25) is 11.8 Å². The smallest absolute Gasteiger partial charge is 0.255 e. The highest BCUT2D eigenvalue weighted by atomic mass is 16.3. The van der Waals surface area contributed by atoms with Gasteiger partial charge in [-0.05, 0) is 55.2 Å². The van der Waals surface area contributed by atoms with E-state index < -0.39 is 11.9 Å². The van der Waals surface area contributed by atoms with E-state index in [0.717, 1.165) is 48.3 Å². The Hall–Kier alpha value is -2.96. The van der Waals surface area contributed by atoms with E-state index >= 15 is 0 Å². The number of benzene rings is 1. The summed E-state index contributed by atoms with van der Waals surface area (Å²) >= 11 is 0. The number of piperidine rings is 1. The lowest BCUT2D eigenvalue weighted by atomic mass is 9.72. The normalized spacial score (nSPS) is 23.7. The predicted molar refractivity (Wildman–Crippen MR) is 113 cm³/mol. The minimum Gasteiger partial charge on any atom is -0.448 e. The zero-order valence-corrected chi connectivity index (χ0v) is 17.9. The quantitative estimate of drug-likeness (QED) is 0.762. The summed E-state index contributed by atoms with van der Waals surface area (Å²) in [4.78, 5) is 42.7. The SMILES string of the molecule is CC1(C)CCC(c2ocnc2-c2ccc3c(c2)CN(C2CCC(=O)NC2=O)C3=O)CC1. The number of carbonyl (C=O) groups is 3. The first-order valence-corrected chi connectivity index (χ1v) is 11.0. The lowest BCUT2D eigenvalue weighted by molar-refractivity contribution is -0.136. The summed E-state index contributed by atoms with van der Waals surface area (Å²) in [6.45, 7) is 4.99. The van der Waals surface area contributed by atoms with E-state index in [-0.39, 0.29) is 18.2 Å². The molecule has 7 heteroatoms. The zero-order valence-electron chi connectivity index (χ0n) is 17.9. The fraction of sp³-hybridized carbons (Fsp3) is 0.500. The van der Waals surface area contributed by atoms with Gasteiger partial charge in [-0.3, -0.25) is 19.7 Å². The molecular formula is C24H27N3O4. The molecule has 3 aliphatic rings. The van der Waals surface area contributed by atoms with Crippen LogP contribution < -0.4 is 5.32 Å². The number of rotatable bonds is 3. The van der Waals surface area contributed by atoms with Gasteiger partial charge in [0, 0.05) is 30.0 Å². The molecule has 3 amide bonds. The summed E-state index contributed by atoms with van der Waals surface area (Å²) in [6.07, 6.45) is 6.63. The minimum atomic E-state index is -0.603. The van der Waals surface area contributed by atoms with Crippen molar-refractivity contribution in [2.24, 2.45) is 5.41 Å². The fourth-order valence-electron chi connectivity index (χ4n) is 5.14. The number of hydrogen-bond acceptors (Lipinski definition) is 5. The molecule has 0 bridgehead atoms. The van der Waals surface area contributed by atoms with Crippen molar-refractivity contribution >= 4 is 17.7 Å². The van der Waals surface area contributed by atoms with Crippen LogP contribution in [0.2, 0.25) is 0 Å². The topological polar surface area (TPSA) is 92.5 Å². The minimum absolute atomic E-state index is 0.161. The highest BCUT2D eigenvalue weighted by Crippen LogP contribution is 2.44. The van der Waals surface area contributed by atoms with Crippen LogP contribution >= 0.6 is 0 Å². The number of oxazole rings is 1. The Labute approximate surface area is 181 Å². The Kier molecular flexibility index (Phi) is 4.72. The van der Waals surface area contributed by atoms with Gasteiger partial charge in [0.1, 0.15) is 17.5 Å². The van der Waals surface area contributed by atoms with Gasteiger partial charge in [-0.1, -0.05) is 19.9 Å². The highest BCUT2D eigenvalue weighted by molar-refractivity contribution is 6.05. The summed E-state index contributed by atoms with van der Waals surface area (Å²) in [7, 11) is 0. The molecule has 1 aromatic carbocycles. The van der Waals surface area contributed by atoms with Crippen molar-refractivity contribution in [2.75, 3.05) is 0 Å². The van der Waals surface area contributed by atoms with Crippen molar-refractivity contribution in [2.45, 2.75) is 70.9 Å². The maximum absolute atomic E-state index is 12.9. The van der Waals surface area contributed by atoms with Crippen molar-refractivity contribution in [3.63, 3.8) is 0 Å². The maximum Gasteiger partial charge on any atom is 0.255 e. The van der Waals surface area contributed by atoms with Gasteiger partial charge in [-0.2, -0.15) is 0 Å². The molecular weight excluding hydrogens is 394 g/mol. The standard InChI is InChI=1S/C24H27N3O4/c1-24(2)9-7-14(8-10-24)21-20(25-13-31-21)15-3-4-17-16(11-15)12-27(23(17)30)18-5-6-19(28)26-22(18)29/h3-4,11,13-14,18H,5-10,12H2,1-2H3,(H,26,28,29). The van der Waals surface area contributed by atoms with Crippen LogP contribution in [0.4, 0.5) is 0 Å². The van der Waals surface area contributed by atoms with Gasteiger partial charge >= 0.3 is 0 Å². The lowest BCUT2D eigenvalue weighted by Gasteiger charge is -2.33. The Balaban J connectivity index is 1.39. The highest BCUT2D eigenvalue weighted by Gasteiger charge is 2.39. The average Bonchev–Trinajstić information content (AvgIpc) is 3.33. The number of nitrogens with one attached hydrogen (secondary N) is 1. The van der Waals surface area contributed by atoms with Crippen molar-refractivity contribution < 1.29 is 18.8 Å². The summed E-state index contributed by atoms with van der Waals surface area (Å²) in [5, 5.41) is 2.34. The third-order valence-electron chi connectivity index (χ3n) is 7.10. The molecule has 31 heavy (non-hydrogen) atoms. The van der Waals surface area contributed by atoms with Crippen LogP contribution in [0.1, 0.15) is 80.0 Å². The van der Waals surface area contributed by atoms with Crippen LogP contribution in [0, 0.1) is 5.41 Å². The number of amides is 3. The number of carbonyl (C=O) groups excluding carboxylic acids is 3. The second kappa shape index (κ2) is 7.32. The van der Waals surface area contributed by atoms with Crippen molar-refractivity contribution in [3.8, 4) is 11.3 Å². The first-order valence-electron chi connectivity index (χ1n) is 11.0. The lowest BCUT2D eigenvalue weighted by Crippen LogP contribution is -2.52. The second-order valence-corrected chi connectivity index (χ2v) is 9.78. The van der Waals surface area contributed by atoms with Crippen molar-refractivity contribution in [1.29, 1.82) is 0 Å². The fourth-order valence-corrected chi connectivity index (χ4v) is 5.14. The Morgan fingerprint density at radius 2 is 1.90 bits per heavy atom. The molecule has 1 aromatic heterocycles. The molecule has 7 nitrogen and oxygen atoms in total. The molecule has 0 radical (unpaired) electrons. The van der Waals surface area contributed by atoms with E-state index in [1.807, 2.05) is 18.2 Å². The summed E-state index contributed by atoms with van der Waals surface area (Å²) in [5.74, 6) is 0.460. The third kappa shape index (κ3) is 3.56. The predicted octanol–water partition coefficient (Wildman–Crippen LogP) is 3.79. The summed E-state index contributed by atoms with van der Waals surface area (Å²) < 4.78 is 5.83. The summed E-state index contributed by atoms with van der Waals surface area (Å²) in [5.41, 5.74) is 3.65. The Morgan fingerprint density at radius 1 is 1.13 bits per heavy atom. The van der Waals surface area contributed by atoms with Crippen LogP contribution in [0.3, 0.4) is 0 Å². The van der Waals surface area contributed by atoms with Crippen LogP contribution in [0.25, 0.3) is 11.3 Å². The molecule has 1 unspecified atom stereocenters. The van der Waals surface area contributed by atoms with E-state index in [1.54, 1.807) is 4.90 Å². The number of nitrogens with zero attached hydrogens (tertiary/aromatic N) is 2. The van der Waals surface area contributed by atoms with E-state index in [1.165, 1.54) is 6.39 Å². The average molecular weight is 421 g/mol. The zero-order chi connectivity index (χ0) is 21.8. The molecule has 3 heterocycles. The molecule has 5 rings (SSSR count). The van der Waals surface area contributed by atoms with Crippen LogP contribution in [0.5, 0.6) is 0 Å². The van der Waals surface area contributed by atoms with Gasteiger partial charge in [0.25, 0.3) is 5.91 Å². The molecule has 1 saturated heterocycles. The van der Waals surface area contributed by atoms with E-state index in [9.17, 15) is 14.4 Å². The molecule has 1 aliphatic carbocycles. The Morgan fingerprint density at radius 3 is 2.65 bits per heavy atom. The van der Waals surface area contributed by atoms with E-state index in [2.05, 4.69) is 24.1 Å². The van der Waals surface area contributed by atoms with Crippen LogP contribution in [0.15, 0.2) is 29.0 Å². The van der Waals surface area contributed by atoms with E-state index in [4.69, 9.17) is 4.42 Å². The van der Waals surface area contributed by atoms with E-state index in [0.29, 0.717) is 29.9 Å². The first kappa shape index (κ1) is 20.0. The molecule has 2 aromatic rings. The molecule has 2 fully saturated rings. The molecule has 2 aliphatic heterocycles. The van der Waals surface area contributed by atoms with Crippen molar-refractivity contribution in [1.82, 2.24) is 15.2 Å². The van der Waals surface area contributed by atoms with Gasteiger partial charge < -0.3 is 9.32 Å². The molecule has 1 N–H and O–H groups in total. The Bertz CT molecular complexity index is 1060. The third-order valence-corrected chi connectivity index (χ3v) is 7.10. The van der Waals surface area contributed by atoms with Gasteiger partial charge in [0.15, 0.2) is 6.39 Å². The maximum atomic E-state index is 12.9. The molecule has 0 spiro atoms. The number of imide groups is 1. The largest absolute Gasteiger partial charge is 0.448 e. The van der Waals surface area contributed by atoms with Crippen LogP contribution in [-0.4, -0.2) is 33.6 Å². The number of hydrogen-bond donors (Lipinski definition) is 1.